The van der Waals surface area contributed by atoms with Crippen LogP contribution in [-0.4, -0.2) is 20.3 Å². The van der Waals surface area contributed by atoms with E-state index in [1.165, 1.54) is 16.7 Å². The Bertz CT molecular complexity index is 654. The highest BCUT2D eigenvalue weighted by atomic mass is 16.5. The van der Waals surface area contributed by atoms with Crippen molar-refractivity contribution in [3.63, 3.8) is 0 Å². The Balaban J connectivity index is 1.97. The van der Waals surface area contributed by atoms with Crippen LogP contribution in [-0.2, 0) is 12.8 Å². The van der Waals surface area contributed by atoms with Gasteiger partial charge in [0.2, 0.25) is 0 Å². The van der Waals surface area contributed by atoms with Gasteiger partial charge in [-0.15, -0.1) is 0 Å². The van der Waals surface area contributed by atoms with E-state index >= 15 is 0 Å². The smallest absolute Gasteiger partial charge is 0.161 e. The molecule has 0 spiro atoms. The average molecular weight is 311 g/mol. The van der Waals surface area contributed by atoms with Crippen molar-refractivity contribution in [2.75, 3.05) is 14.2 Å². The van der Waals surface area contributed by atoms with Crippen molar-refractivity contribution >= 4 is 0 Å². The zero-order chi connectivity index (χ0) is 16.2. The molecule has 122 valence electrons. The van der Waals surface area contributed by atoms with Crippen LogP contribution in [0.3, 0.4) is 0 Å². The lowest BCUT2D eigenvalue weighted by molar-refractivity contribution is 0.347. The highest BCUT2D eigenvalue weighted by molar-refractivity contribution is 5.50. The summed E-state index contributed by atoms with van der Waals surface area (Å²) in [4.78, 5) is 0. The van der Waals surface area contributed by atoms with Crippen molar-refractivity contribution in [1.82, 2.24) is 5.32 Å². The molecule has 0 aromatic heterocycles. The third kappa shape index (κ3) is 3.35. The second-order valence-corrected chi connectivity index (χ2v) is 6.12. The Morgan fingerprint density at radius 1 is 1.04 bits per heavy atom. The number of ether oxygens (including phenoxy) is 2. The molecule has 1 heterocycles. The fourth-order valence-corrected chi connectivity index (χ4v) is 3.42. The maximum atomic E-state index is 5.50. The van der Waals surface area contributed by atoms with E-state index in [9.17, 15) is 0 Å². The maximum Gasteiger partial charge on any atom is 0.161 e. The third-order valence-electron chi connectivity index (χ3n) is 4.70. The van der Waals surface area contributed by atoms with E-state index in [0.29, 0.717) is 12.1 Å². The van der Waals surface area contributed by atoms with Gasteiger partial charge in [-0.2, -0.15) is 0 Å². The summed E-state index contributed by atoms with van der Waals surface area (Å²) in [5.41, 5.74) is 4.05. The maximum absolute atomic E-state index is 5.50. The van der Waals surface area contributed by atoms with E-state index in [1.54, 1.807) is 14.2 Å². The van der Waals surface area contributed by atoms with E-state index in [2.05, 4.69) is 54.7 Å². The molecule has 3 heteroatoms. The van der Waals surface area contributed by atoms with Gasteiger partial charge in [0, 0.05) is 12.1 Å². The van der Waals surface area contributed by atoms with Crippen LogP contribution in [0.5, 0.6) is 11.5 Å². The van der Waals surface area contributed by atoms with E-state index in [4.69, 9.17) is 9.47 Å². The minimum absolute atomic E-state index is 0.311. The van der Waals surface area contributed by atoms with Gasteiger partial charge in [-0.3, -0.25) is 0 Å². The first-order valence-electron chi connectivity index (χ1n) is 8.30. The number of methoxy groups -OCH3 is 2. The van der Waals surface area contributed by atoms with Crippen LogP contribution in [0.15, 0.2) is 42.5 Å². The summed E-state index contributed by atoms with van der Waals surface area (Å²) in [5, 5.41) is 3.80. The lowest BCUT2D eigenvalue weighted by atomic mass is 9.86. The summed E-state index contributed by atoms with van der Waals surface area (Å²) in [6.45, 7) is 2.24. The minimum Gasteiger partial charge on any atom is -0.493 e. The molecule has 0 amide bonds. The number of nitrogens with one attached hydrogen (secondary N) is 1. The standard InChI is InChI=1S/C20H25NO2/c1-4-16-11-15-12-19(22-2)20(23-3)13-17(15)18(21-16)10-14-8-6-5-7-9-14/h5-9,12-13,16,18,21H,4,10-11H2,1-3H3. The SMILES string of the molecule is CCC1Cc2cc(OC)c(OC)cc2C(Cc2ccccc2)N1. The number of benzene rings is 2. The fraction of sp³-hybridized carbons (Fsp3) is 0.400. The normalized spacial score (nSPS) is 20.0. The van der Waals surface area contributed by atoms with Gasteiger partial charge in [0.25, 0.3) is 0 Å². The van der Waals surface area contributed by atoms with E-state index < -0.39 is 0 Å². The third-order valence-corrected chi connectivity index (χ3v) is 4.70. The van der Waals surface area contributed by atoms with Crippen LogP contribution in [0.1, 0.15) is 36.1 Å². The first kappa shape index (κ1) is 15.9. The van der Waals surface area contributed by atoms with Gasteiger partial charge >= 0.3 is 0 Å². The van der Waals surface area contributed by atoms with E-state index in [-0.39, 0.29) is 0 Å². The number of fused-ring (bicyclic) bond motifs is 1. The second-order valence-electron chi connectivity index (χ2n) is 6.12. The Labute approximate surface area is 138 Å². The zero-order valence-corrected chi connectivity index (χ0v) is 14.1. The van der Waals surface area contributed by atoms with Gasteiger partial charge in [0.15, 0.2) is 11.5 Å². The molecular formula is C20H25NO2. The average Bonchev–Trinajstić information content (AvgIpc) is 2.61. The molecule has 23 heavy (non-hydrogen) atoms. The van der Waals surface area contributed by atoms with Crippen LogP contribution in [0.4, 0.5) is 0 Å². The summed E-state index contributed by atoms with van der Waals surface area (Å²) in [7, 11) is 3.39. The van der Waals surface area contributed by atoms with Crippen molar-refractivity contribution in [2.24, 2.45) is 0 Å². The predicted molar refractivity (Wildman–Crippen MR) is 93.4 cm³/mol. The van der Waals surface area contributed by atoms with Crippen molar-refractivity contribution in [3.8, 4) is 11.5 Å². The van der Waals surface area contributed by atoms with Gasteiger partial charge in [-0.1, -0.05) is 37.3 Å². The molecular weight excluding hydrogens is 286 g/mol. The van der Waals surface area contributed by atoms with Crippen LogP contribution >= 0.6 is 0 Å². The summed E-state index contributed by atoms with van der Waals surface area (Å²) in [6.07, 6.45) is 3.15. The van der Waals surface area contributed by atoms with Crippen molar-refractivity contribution in [1.29, 1.82) is 0 Å². The molecule has 0 saturated carbocycles. The quantitative estimate of drug-likeness (QED) is 0.908. The molecule has 0 bridgehead atoms. The van der Waals surface area contributed by atoms with Gasteiger partial charge < -0.3 is 14.8 Å². The molecule has 2 unspecified atom stereocenters. The Hall–Kier alpha value is -2.00. The molecule has 0 radical (unpaired) electrons. The topological polar surface area (TPSA) is 30.5 Å². The molecule has 1 aliphatic heterocycles. The van der Waals surface area contributed by atoms with Gasteiger partial charge in [0.1, 0.15) is 0 Å². The lowest BCUT2D eigenvalue weighted by Gasteiger charge is -2.33. The summed E-state index contributed by atoms with van der Waals surface area (Å²) >= 11 is 0. The lowest BCUT2D eigenvalue weighted by Crippen LogP contribution is -2.40. The van der Waals surface area contributed by atoms with Crippen LogP contribution in [0.25, 0.3) is 0 Å². The zero-order valence-electron chi connectivity index (χ0n) is 14.1. The first-order chi connectivity index (χ1) is 11.2. The highest BCUT2D eigenvalue weighted by Gasteiger charge is 2.27. The Morgan fingerprint density at radius 3 is 2.39 bits per heavy atom. The van der Waals surface area contributed by atoms with Crippen molar-refractivity contribution in [2.45, 2.75) is 38.3 Å². The van der Waals surface area contributed by atoms with Crippen LogP contribution in [0.2, 0.25) is 0 Å². The second kappa shape index (κ2) is 7.05. The largest absolute Gasteiger partial charge is 0.493 e. The van der Waals surface area contributed by atoms with Crippen LogP contribution < -0.4 is 14.8 Å². The molecule has 3 nitrogen and oxygen atoms in total. The molecule has 2 atom stereocenters. The fourth-order valence-electron chi connectivity index (χ4n) is 3.42. The molecule has 1 N–H and O–H groups in total. The predicted octanol–water partition coefficient (Wildman–Crippen LogP) is 3.91. The molecule has 1 aliphatic rings. The van der Waals surface area contributed by atoms with Gasteiger partial charge in [-0.25, -0.2) is 0 Å². The summed E-state index contributed by atoms with van der Waals surface area (Å²) in [5.74, 6) is 1.63. The van der Waals surface area contributed by atoms with Gasteiger partial charge in [-0.05, 0) is 48.1 Å². The molecule has 2 aromatic carbocycles. The monoisotopic (exact) mass is 311 g/mol. The van der Waals surface area contributed by atoms with Crippen molar-refractivity contribution in [3.05, 3.63) is 59.2 Å². The van der Waals surface area contributed by atoms with E-state index in [1.807, 2.05) is 0 Å². The minimum atomic E-state index is 0.311. The van der Waals surface area contributed by atoms with E-state index in [0.717, 1.165) is 30.8 Å². The highest BCUT2D eigenvalue weighted by Crippen LogP contribution is 2.37. The Kier molecular flexibility index (Phi) is 4.87. The van der Waals surface area contributed by atoms with Crippen molar-refractivity contribution < 1.29 is 9.47 Å². The number of hydrogen-bond donors (Lipinski definition) is 1. The number of hydrogen-bond acceptors (Lipinski definition) is 3. The summed E-state index contributed by atoms with van der Waals surface area (Å²) < 4.78 is 11.0. The molecule has 0 aliphatic carbocycles. The molecule has 3 rings (SSSR count). The molecule has 0 fully saturated rings. The summed E-state index contributed by atoms with van der Waals surface area (Å²) in [6, 6.07) is 15.8. The first-order valence-corrected chi connectivity index (χ1v) is 8.30. The molecule has 2 aromatic rings. The molecule has 0 saturated heterocycles. The van der Waals surface area contributed by atoms with Crippen LogP contribution in [0, 0.1) is 0 Å². The Morgan fingerprint density at radius 2 is 1.74 bits per heavy atom. The van der Waals surface area contributed by atoms with Gasteiger partial charge in [0.05, 0.1) is 14.2 Å². The number of rotatable bonds is 5.